The van der Waals surface area contributed by atoms with Gasteiger partial charge in [0, 0.05) is 19.2 Å². The van der Waals surface area contributed by atoms with Crippen LogP contribution < -0.4 is 0 Å². The molecule has 1 aromatic rings. The molecule has 2 heterocycles. The molecule has 4 nitrogen and oxygen atoms in total. The third-order valence-corrected chi connectivity index (χ3v) is 4.38. The Kier molecular flexibility index (Phi) is 6.43. The fraction of sp³-hybridized carbons (Fsp3) is 0.765. The van der Waals surface area contributed by atoms with Gasteiger partial charge in [-0.05, 0) is 44.6 Å². The number of carbonyl (C=O) groups excluding carboxylic acids is 1. The molecule has 21 heavy (non-hydrogen) atoms. The second kappa shape index (κ2) is 8.32. The molecule has 1 fully saturated rings. The standard InChI is InChI=1S/C17H28N2O2/c1-3-15(4-2)19-11-10-14(18-19)13-16(20)8-9-17-7-5-6-12-21-17/h10-11,15,17H,3-9,12-13H2,1-2H3. The van der Waals surface area contributed by atoms with Crippen molar-refractivity contribution in [3.05, 3.63) is 18.0 Å². The molecule has 2 rings (SSSR count). The van der Waals surface area contributed by atoms with Gasteiger partial charge in [-0.2, -0.15) is 5.10 Å². The SMILES string of the molecule is CCC(CC)n1ccc(CC(=O)CCC2CCCCO2)n1. The molecule has 0 bridgehead atoms. The zero-order valence-corrected chi connectivity index (χ0v) is 13.4. The van der Waals surface area contributed by atoms with E-state index in [0.717, 1.165) is 44.4 Å². The first-order valence-corrected chi connectivity index (χ1v) is 8.40. The molecule has 1 aliphatic heterocycles. The smallest absolute Gasteiger partial charge is 0.139 e. The number of nitrogens with zero attached hydrogens (tertiary/aromatic N) is 2. The van der Waals surface area contributed by atoms with Crippen LogP contribution in [0, 0.1) is 0 Å². The van der Waals surface area contributed by atoms with Crippen LogP contribution in [0.1, 0.15) is 70.5 Å². The molecule has 4 heteroatoms. The number of rotatable bonds is 8. The quantitative estimate of drug-likeness (QED) is 0.733. The van der Waals surface area contributed by atoms with Gasteiger partial charge in [0.2, 0.25) is 0 Å². The maximum absolute atomic E-state index is 12.1. The van der Waals surface area contributed by atoms with Gasteiger partial charge in [0.25, 0.3) is 0 Å². The maximum atomic E-state index is 12.1. The van der Waals surface area contributed by atoms with Crippen LogP contribution in [0.4, 0.5) is 0 Å². The monoisotopic (exact) mass is 292 g/mol. The maximum Gasteiger partial charge on any atom is 0.139 e. The molecule has 0 amide bonds. The van der Waals surface area contributed by atoms with Crippen molar-refractivity contribution in [2.75, 3.05) is 6.61 Å². The molecule has 118 valence electrons. The first-order chi connectivity index (χ1) is 10.2. The van der Waals surface area contributed by atoms with Gasteiger partial charge < -0.3 is 4.74 Å². The summed E-state index contributed by atoms with van der Waals surface area (Å²) < 4.78 is 7.68. The van der Waals surface area contributed by atoms with Crippen LogP contribution >= 0.6 is 0 Å². The van der Waals surface area contributed by atoms with Gasteiger partial charge in [0.1, 0.15) is 5.78 Å². The fourth-order valence-corrected chi connectivity index (χ4v) is 2.99. The van der Waals surface area contributed by atoms with E-state index in [4.69, 9.17) is 4.74 Å². The molecule has 1 atom stereocenters. The number of ether oxygens (including phenoxy) is 1. The van der Waals surface area contributed by atoms with Crippen LogP contribution in [-0.4, -0.2) is 28.3 Å². The molecule has 0 N–H and O–H groups in total. The molecule has 0 aliphatic carbocycles. The minimum absolute atomic E-state index is 0.277. The van der Waals surface area contributed by atoms with Gasteiger partial charge in [-0.1, -0.05) is 13.8 Å². The van der Waals surface area contributed by atoms with Crippen LogP contribution in [0.5, 0.6) is 0 Å². The minimum atomic E-state index is 0.277. The molecule has 0 aromatic carbocycles. The molecule has 1 saturated heterocycles. The van der Waals surface area contributed by atoms with Crippen LogP contribution in [0.3, 0.4) is 0 Å². The first-order valence-electron chi connectivity index (χ1n) is 8.40. The van der Waals surface area contributed by atoms with Crippen LogP contribution in [0.2, 0.25) is 0 Å². The second-order valence-electron chi connectivity index (χ2n) is 6.00. The summed E-state index contributed by atoms with van der Waals surface area (Å²) >= 11 is 0. The predicted molar refractivity (Wildman–Crippen MR) is 83.4 cm³/mol. The minimum Gasteiger partial charge on any atom is -0.378 e. The van der Waals surface area contributed by atoms with Crippen molar-refractivity contribution in [1.82, 2.24) is 9.78 Å². The molecular weight excluding hydrogens is 264 g/mol. The first kappa shape index (κ1) is 16.2. The number of Topliss-reactive ketones (excluding diaryl/α,β-unsaturated/α-hetero) is 1. The average molecular weight is 292 g/mol. The van der Waals surface area contributed by atoms with Gasteiger partial charge in [-0.15, -0.1) is 0 Å². The highest BCUT2D eigenvalue weighted by molar-refractivity contribution is 5.80. The summed E-state index contributed by atoms with van der Waals surface area (Å²) in [5, 5.41) is 4.55. The zero-order chi connectivity index (χ0) is 15.1. The van der Waals surface area contributed by atoms with E-state index in [1.165, 1.54) is 6.42 Å². The van der Waals surface area contributed by atoms with Crippen molar-refractivity contribution < 1.29 is 9.53 Å². The molecule has 1 aliphatic rings. The Hall–Kier alpha value is -1.16. The average Bonchev–Trinajstić information content (AvgIpc) is 2.96. The highest BCUT2D eigenvalue weighted by atomic mass is 16.5. The summed E-state index contributed by atoms with van der Waals surface area (Å²) in [7, 11) is 0. The van der Waals surface area contributed by atoms with Crippen molar-refractivity contribution in [1.29, 1.82) is 0 Å². The summed E-state index contributed by atoms with van der Waals surface area (Å²) in [6, 6.07) is 2.43. The van der Waals surface area contributed by atoms with E-state index < -0.39 is 0 Å². The van der Waals surface area contributed by atoms with E-state index in [1.54, 1.807) is 0 Å². The molecule has 0 spiro atoms. The number of hydrogen-bond acceptors (Lipinski definition) is 3. The normalized spacial score (nSPS) is 19.1. The fourth-order valence-electron chi connectivity index (χ4n) is 2.99. The lowest BCUT2D eigenvalue weighted by Crippen LogP contribution is -2.20. The summed E-state index contributed by atoms with van der Waals surface area (Å²) in [5.41, 5.74) is 0.900. The van der Waals surface area contributed by atoms with Crippen molar-refractivity contribution in [3.8, 4) is 0 Å². The van der Waals surface area contributed by atoms with Crippen molar-refractivity contribution >= 4 is 5.78 Å². The van der Waals surface area contributed by atoms with Crippen molar-refractivity contribution in [3.63, 3.8) is 0 Å². The van der Waals surface area contributed by atoms with Crippen molar-refractivity contribution in [2.45, 2.75) is 77.4 Å². The highest BCUT2D eigenvalue weighted by Gasteiger charge is 2.16. The van der Waals surface area contributed by atoms with Gasteiger partial charge in [-0.3, -0.25) is 9.48 Å². The molecule has 1 aromatic heterocycles. The third-order valence-electron chi connectivity index (χ3n) is 4.38. The summed E-state index contributed by atoms with van der Waals surface area (Å²) in [6.45, 7) is 5.20. The van der Waals surface area contributed by atoms with Crippen LogP contribution in [0.15, 0.2) is 12.3 Å². The van der Waals surface area contributed by atoms with E-state index >= 15 is 0 Å². The lowest BCUT2D eigenvalue weighted by atomic mass is 10.0. The van der Waals surface area contributed by atoms with E-state index in [9.17, 15) is 4.79 Å². The topological polar surface area (TPSA) is 44.1 Å². The van der Waals surface area contributed by atoms with E-state index in [-0.39, 0.29) is 5.78 Å². The number of ketones is 1. The van der Waals surface area contributed by atoms with Gasteiger partial charge in [0.05, 0.1) is 24.3 Å². The Bertz CT molecular complexity index is 432. The molecule has 0 radical (unpaired) electrons. The van der Waals surface area contributed by atoms with E-state index in [2.05, 4.69) is 18.9 Å². The number of hydrogen-bond donors (Lipinski definition) is 0. The van der Waals surface area contributed by atoms with Crippen LogP contribution in [0.25, 0.3) is 0 Å². The Balaban J connectivity index is 1.77. The summed E-state index contributed by atoms with van der Waals surface area (Å²) in [4.78, 5) is 12.1. The summed E-state index contributed by atoms with van der Waals surface area (Å²) in [5.74, 6) is 0.277. The van der Waals surface area contributed by atoms with Gasteiger partial charge >= 0.3 is 0 Å². The predicted octanol–water partition coefficient (Wildman–Crippen LogP) is 3.71. The molecule has 0 saturated carbocycles. The zero-order valence-electron chi connectivity index (χ0n) is 13.4. The molecule has 1 unspecified atom stereocenters. The summed E-state index contributed by atoms with van der Waals surface area (Å²) in [6.07, 6.45) is 9.89. The number of carbonyl (C=O) groups is 1. The highest BCUT2D eigenvalue weighted by Crippen LogP contribution is 2.18. The largest absolute Gasteiger partial charge is 0.378 e. The third kappa shape index (κ3) is 4.95. The Morgan fingerprint density at radius 2 is 2.24 bits per heavy atom. The van der Waals surface area contributed by atoms with Crippen LogP contribution in [-0.2, 0) is 16.0 Å². The van der Waals surface area contributed by atoms with Crippen molar-refractivity contribution in [2.24, 2.45) is 0 Å². The molecular formula is C17H28N2O2. The van der Waals surface area contributed by atoms with Gasteiger partial charge in [-0.25, -0.2) is 0 Å². The second-order valence-corrected chi connectivity index (χ2v) is 6.00. The lowest BCUT2D eigenvalue weighted by molar-refractivity contribution is -0.119. The Labute approximate surface area is 127 Å². The van der Waals surface area contributed by atoms with E-state index in [0.29, 0.717) is 25.0 Å². The Morgan fingerprint density at radius 3 is 2.90 bits per heavy atom. The lowest BCUT2D eigenvalue weighted by Gasteiger charge is -2.22. The van der Waals surface area contributed by atoms with Gasteiger partial charge in [0.15, 0.2) is 0 Å². The van der Waals surface area contributed by atoms with E-state index in [1.807, 2.05) is 16.9 Å². The number of aromatic nitrogens is 2. The Morgan fingerprint density at radius 1 is 1.43 bits per heavy atom.